The lowest BCUT2D eigenvalue weighted by Gasteiger charge is -2.08. The van der Waals surface area contributed by atoms with Gasteiger partial charge in [-0.05, 0) is 39.7 Å². The number of hydrogen-bond acceptors (Lipinski definition) is 3. The molecule has 0 aliphatic rings. The van der Waals surface area contributed by atoms with Gasteiger partial charge in [0, 0.05) is 25.1 Å². The first-order valence-corrected chi connectivity index (χ1v) is 7.48. The Morgan fingerprint density at radius 2 is 2.18 bits per heavy atom. The van der Waals surface area contributed by atoms with Gasteiger partial charge in [0.15, 0.2) is 0 Å². The summed E-state index contributed by atoms with van der Waals surface area (Å²) in [5, 5.41) is 11.1. The van der Waals surface area contributed by atoms with Crippen LogP contribution in [0.5, 0.6) is 0 Å². The minimum Gasteiger partial charge on any atom is -0.321 e. The molecule has 0 aliphatic heterocycles. The summed E-state index contributed by atoms with van der Waals surface area (Å²) in [5.74, 6) is -0.205. The van der Waals surface area contributed by atoms with E-state index < -0.39 is 0 Å². The number of hydrogen-bond donors (Lipinski definition) is 1. The topological polar surface area (TPSA) is 64.7 Å². The molecule has 2 heterocycles. The molecule has 7 heteroatoms. The summed E-state index contributed by atoms with van der Waals surface area (Å²) in [7, 11) is 1.73. The number of nitrogens with one attached hydrogen (secondary N) is 1. The Labute approximate surface area is 135 Å². The fourth-order valence-corrected chi connectivity index (χ4v) is 2.71. The van der Waals surface area contributed by atoms with Crippen molar-refractivity contribution < 1.29 is 4.79 Å². The van der Waals surface area contributed by atoms with Crippen molar-refractivity contribution in [2.45, 2.75) is 6.54 Å². The van der Waals surface area contributed by atoms with Crippen LogP contribution in [0.4, 0.5) is 5.69 Å². The van der Waals surface area contributed by atoms with Gasteiger partial charge >= 0.3 is 0 Å². The first kappa shape index (κ1) is 14.5. The van der Waals surface area contributed by atoms with E-state index in [1.165, 1.54) is 4.68 Å². The molecule has 0 spiro atoms. The number of nitrogens with zero attached hydrogens (tertiary/aromatic N) is 4. The first-order valence-electron chi connectivity index (χ1n) is 6.69. The van der Waals surface area contributed by atoms with Gasteiger partial charge < -0.3 is 5.32 Å². The molecule has 0 unspecified atom stereocenters. The molecule has 6 nitrogen and oxygen atoms in total. The highest BCUT2D eigenvalue weighted by Crippen LogP contribution is 2.18. The van der Waals surface area contributed by atoms with E-state index in [1.807, 2.05) is 41.2 Å². The van der Waals surface area contributed by atoms with Crippen LogP contribution in [0, 0.1) is 0 Å². The van der Waals surface area contributed by atoms with Crippen molar-refractivity contribution in [2.24, 2.45) is 7.05 Å². The number of carbonyl (C=O) groups is 1. The number of carbonyl (C=O) groups excluding carboxylic acids is 1. The maximum atomic E-state index is 12.3. The summed E-state index contributed by atoms with van der Waals surface area (Å²) >= 11 is 3.33. The molecule has 0 fully saturated rings. The molecule has 0 bridgehead atoms. The van der Waals surface area contributed by atoms with E-state index in [0.717, 1.165) is 11.3 Å². The summed E-state index contributed by atoms with van der Waals surface area (Å²) in [6.45, 7) is 0.659. The van der Waals surface area contributed by atoms with Gasteiger partial charge in [-0.3, -0.25) is 14.2 Å². The average Bonchev–Trinajstić information content (AvgIpc) is 3.09. The highest BCUT2D eigenvalue weighted by molar-refractivity contribution is 9.10. The Morgan fingerprint density at radius 3 is 2.86 bits per heavy atom. The molecular weight excluding hydrogens is 346 g/mol. The number of anilines is 1. The first-order chi connectivity index (χ1) is 10.6. The van der Waals surface area contributed by atoms with Crippen molar-refractivity contribution >= 4 is 27.5 Å². The van der Waals surface area contributed by atoms with E-state index in [2.05, 4.69) is 31.4 Å². The zero-order valence-electron chi connectivity index (χ0n) is 11.9. The number of aryl methyl sites for hydroxylation is 1. The minimum atomic E-state index is -0.205. The highest BCUT2D eigenvalue weighted by Gasteiger charge is 2.15. The van der Waals surface area contributed by atoms with Gasteiger partial charge in [0.05, 0.1) is 17.2 Å². The van der Waals surface area contributed by atoms with Crippen molar-refractivity contribution in [1.29, 1.82) is 0 Å². The fourth-order valence-electron chi connectivity index (χ4n) is 2.18. The Hall–Kier alpha value is -2.41. The van der Waals surface area contributed by atoms with Crippen molar-refractivity contribution in [3.8, 4) is 0 Å². The van der Waals surface area contributed by atoms with E-state index in [0.29, 0.717) is 16.7 Å². The van der Waals surface area contributed by atoms with Crippen LogP contribution in [0.15, 0.2) is 53.4 Å². The van der Waals surface area contributed by atoms with Crippen molar-refractivity contribution in [1.82, 2.24) is 19.6 Å². The summed E-state index contributed by atoms with van der Waals surface area (Å²) < 4.78 is 4.03. The lowest BCUT2D eigenvalue weighted by atomic mass is 10.2. The maximum Gasteiger partial charge on any atom is 0.275 e. The molecule has 2 aromatic heterocycles. The smallest absolute Gasteiger partial charge is 0.275 e. The molecule has 1 amide bonds. The molecule has 0 saturated heterocycles. The van der Waals surface area contributed by atoms with Crippen LogP contribution >= 0.6 is 15.9 Å². The van der Waals surface area contributed by atoms with Crippen LogP contribution in [-0.4, -0.2) is 25.5 Å². The second-order valence-corrected chi connectivity index (χ2v) is 5.68. The summed E-state index contributed by atoms with van der Waals surface area (Å²) in [6, 6.07) is 9.58. The summed E-state index contributed by atoms with van der Waals surface area (Å²) in [5.41, 5.74) is 2.28. The van der Waals surface area contributed by atoms with Crippen LogP contribution in [-0.2, 0) is 13.6 Å². The third-order valence-corrected chi connectivity index (χ3v) is 3.78. The Morgan fingerprint density at radius 1 is 1.32 bits per heavy atom. The molecule has 0 atom stereocenters. The molecule has 3 rings (SSSR count). The van der Waals surface area contributed by atoms with Crippen LogP contribution in [0.1, 0.15) is 16.1 Å². The largest absolute Gasteiger partial charge is 0.321 e. The van der Waals surface area contributed by atoms with Crippen molar-refractivity contribution in [3.05, 3.63) is 64.7 Å². The maximum absolute atomic E-state index is 12.3. The van der Waals surface area contributed by atoms with Gasteiger partial charge in [0.25, 0.3) is 5.91 Å². The van der Waals surface area contributed by atoms with Crippen molar-refractivity contribution in [2.75, 3.05) is 5.32 Å². The predicted octanol–water partition coefficient (Wildman–Crippen LogP) is 2.68. The van der Waals surface area contributed by atoms with Crippen molar-refractivity contribution in [3.63, 3.8) is 0 Å². The fraction of sp³-hybridized carbons (Fsp3) is 0.133. The van der Waals surface area contributed by atoms with Gasteiger partial charge in [-0.2, -0.15) is 10.2 Å². The zero-order chi connectivity index (χ0) is 15.5. The van der Waals surface area contributed by atoms with E-state index in [9.17, 15) is 4.79 Å². The summed E-state index contributed by atoms with van der Waals surface area (Å²) in [4.78, 5) is 12.3. The molecule has 0 saturated carbocycles. The van der Waals surface area contributed by atoms with Gasteiger partial charge in [-0.1, -0.05) is 12.1 Å². The molecule has 1 N–H and O–H groups in total. The highest BCUT2D eigenvalue weighted by atomic mass is 79.9. The zero-order valence-corrected chi connectivity index (χ0v) is 13.5. The van der Waals surface area contributed by atoms with Gasteiger partial charge in [0.2, 0.25) is 0 Å². The summed E-state index contributed by atoms with van der Waals surface area (Å²) in [6.07, 6.45) is 5.24. The number of rotatable bonds is 4. The second-order valence-electron chi connectivity index (χ2n) is 4.82. The molecule has 22 heavy (non-hydrogen) atoms. The molecular formula is C15H14BrN5O. The van der Waals surface area contributed by atoms with E-state index in [1.54, 1.807) is 19.4 Å². The molecule has 0 radical (unpaired) electrons. The third kappa shape index (κ3) is 3.09. The van der Waals surface area contributed by atoms with Gasteiger partial charge in [-0.25, -0.2) is 0 Å². The average molecular weight is 360 g/mol. The molecule has 0 aliphatic carbocycles. The number of aromatic nitrogens is 4. The van der Waals surface area contributed by atoms with Gasteiger partial charge in [0.1, 0.15) is 5.69 Å². The predicted molar refractivity (Wildman–Crippen MR) is 86.6 cm³/mol. The number of benzene rings is 1. The van der Waals surface area contributed by atoms with Crippen LogP contribution in [0.25, 0.3) is 0 Å². The SMILES string of the molecule is Cn1ncc(Br)c1C(=O)Nc1cccc(Cn2cccn2)c1. The lowest BCUT2D eigenvalue weighted by molar-refractivity contribution is 0.101. The quantitative estimate of drug-likeness (QED) is 0.778. The monoisotopic (exact) mass is 359 g/mol. The van der Waals surface area contributed by atoms with E-state index >= 15 is 0 Å². The Kier molecular flexibility index (Phi) is 4.06. The number of halogens is 1. The minimum absolute atomic E-state index is 0.205. The van der Waals surface area contributed by atoms with Crippen LogP contribution in [0.3, 0.4) is 0 Å². The number of amides is 1. The van der Waals surface area contributed by atoms with Crippen LogP contribution in [0.2, 0.25) is 0 Å². The van der Waals surface area contributed by atoms with Gasteiger partial charge in [-0.15, -0.1) is 0 Å². The second kappa shape index (κ2) is 6.15. The normalized spacial score (nSPS) is 10.6. The molecule has 1 aromatic carbocycles. The van der Waals surface area contributed by atoms with Crippen LogP contribution < -0.4 is 5.32 Å². The lowest BCUT2D eigenvalue weighted by Crippen LogP contribution is -2.16. The third-order valence-electron chi connectivity index (χ3n) is 3.20. The standard InChI is InChI=1S/C15H14BrN5O/c1-20-14(13(16)9-18-20)15(22)19-12-5-2-4-11(8-12)10-21-7-3-6-17-21/h2-9H,10H2,1H3,(H,19,22). The molecule has 3 aromatic rings. The Balaban J connectivity index is 1.77. The molecule has 112 valence electrons. The van der Waals surface area contributed by atoms with E-state index in [4.69, 9.17) is 0 Å². The van der Waals surface area contributed by atoms with E-state index in [-0.39, 0.29) is 5.91 Å². The Bertz CT molecular complexity index is 775.